The zero-order valence-corrected chi connectivity index (χ0v) is 6.18. The van der Waals surface area contributed by atoms with Crippen molar-refractivity contribution < 1.29 is 4.79 Å². The highest BCUT2D eigenvalue weighted by Crippen LogP contribution is 2.00. The third-order valence-corrected chi connectivity index (χ3v) is 1.25. The molecule has 0 aliphatic heterocycles. The summed E-state index contributed by atoms with van der Waals surface area (Å²) < 4.78 is 2.12. The second kappa shape index (κ2) is 5.15. The Balaban J connectivity index is 3.86. The SMILES string of the molecule is N#CC(C#N)=CSNC(N)=O. The molecule has 0 saturated heterocycles. The predicted molar refractivity (Wildman–Crippen MR) is 39.6 cm³/mol. The first kappa shape index (κ1) is 9.34. The summed E-state index contributed by atoms with van der Waals surface area (Å²) in [6.45, 7) is 0. The highest BCUT2D eigenvalue weighted by molar-refractivity contribution is 8.00. The van der Waals surface area contributed by atoms with E-state index in [0.29, 0.717) is 0 Å². The largest absolute Gasteiger partial charge is 0.351 e. The number of primary amides is 1. The monoisotopic (exact) mass is 168 g/mol. The smallest absolute Gasteiger partial charge is 0.322 e. The third kappa shape index (κ3) is 4.82. The molecule has 6 heteroatoms. The second-order valence-electron chi connectivity index (χ2n) is 1.34. The number of nitrogens with two attached hydrogens (primary N) is 1. The molecule has 0 aliphatic rings. The summed E-state index contributed by atoms with van der Waals surface area (Å²) in [5.41, 5.74) is 4.62. The summed E-state index contributed by atoms with van der Waals surface area (Å²) in [5, 5.41) is 17.6. The topological polar surface area (TPSA) is 103 Å². The summed E-state index contributed by atoms with van der Waals surface area (Å²) in [5.74, 6) is 0. The fourth-order valence-electron chi connectivity index (χ4n) is 0.224. The Bertz CT molecular complexity index is 243. The van der Waals surface area contributed by atoms with Gasteiger partial charge in [-0.15, -0.1) is 0 Å². The van der Waals surface area contributed by atoms with Crippen molar-refractivity contribution >= 4 is 18.0 Å². The van der Waals surface area contributed by atoms with Crippen molar-refractivity contribution in [2.45, 2.75) is 0 Å². The molecule has 0 saturated carbocycles. The van der Waals surface area contributed by atoms with Crippen LogP contribution in [0.15, 0.2) is 11.0 Å². The quantitative estimate of drug-likeness (QED) is 0.455. The molecule has 2 amide bonds. The van der Waals surface area contributed by atoms with Gasteiger partial charge >= 0.3 is 6.03 Å². The van der Waals surface area contributed by atoms with Crippen molar-refractivity contribution in [3.8, 4) is 12.1 Å². The number of nitrogens with one attached hydrogen (secondary N) is 1. The van der Waals surface area contributed by atoms with Gasteiger partial charge in [0.05, 0.1) is 0 Å². The fraction of sp³-hybridized carbons (Fsp3) is 0. The lowest BCUT2D eigenvalue weighted by Crippen LogP contribution is -2.22. The molecule has 5 nitrogen and oxygen atoms in total. The summed E-state index contributed by atoms with van der Waals surface area (Å²) in [4.78, 5) is 10.1. The number of carbonyl (C=O) groups is 1. The van der Waals surface area contributed by atoms with Gasteiger partial charge in [0.25, 0.3) is 0 Å². The Labute approximate surface area is 67.6 Å². The first-order valence-electron chi connectivity index (χ1n) is 2.42. The standard InChI is InChI=1S/C5H4N4OS/c6-1-4(2-7)3-11-9-5(8)10/h3H,(H3,8,9,10). The van der Waals surface area contributed by atoms with Gasteiger partial charge in [0, 0.05) is 5.41 Å². The lowest BCUT2D eigenvalue weighted by atomic mass is 10.4. The molecule has 0 aromatic carbocycles. The molecule has 0 fully saturated rings. The van der Waals surface area contributed by atoms with E-state index in [1.54, 1.807) is 12.1 Å². The number of hydrogen-bond donors (Lipinski definition) is 2. The van der Waals surface area contributed by atoms with Gasteiger partial charge in [-0.25, -0.2) is 4.79 Å². The number of nitriles is 2. The van der Waals surface area contributed by atoms with Crippen molar-refractivity contribution in [3.63, 3.8) is 0 Å². The summed E-state index contributed by atoms with van der Waals surface area (Å²) in [6.07, 6.45) is 0. The molecule has 0 radical (unpaired) electrons. The first-order chi connectivity index (χ1) is 5.20. The van der Waals surface area contributed by atoms with Crippen LogP contribution in [-0.4, -0.2) is 6.03 Å². The van der Waals surface area contributed by atoms with Crippen LogP contribution in [0, 0.1) is 22.7 Å². The minimum absolute atomic E-state index is 0.0799. The minimum Gasteiger partial charge on any atom is -0.351 e. The fourth-order valence-corrected chi connectivity index (χ4v) is 0.623. The second-order valence-corrected chi connectivity index (χ2v) is 2.01. The zero-order chi connectivity index (χ0) is 8.69. The number of hydrogen-bond acceptors (Lipinski definition) is 4. The van der Waals surface area contributed by atoms with E-state index < -0.39 is 6.03 Å². The summed E-state index contributed by atoms with van der Waals surface area (Å²) in [7, 11) is 0. The summed E-state index contributed by atoms with van der Waals surface area (Å²) >= 11 is 0.787. The van der Waals surface area contributed by atoms with Crippen molar-refractivity contribution in [2.24, 2.45) is 5.73 Å². The molecule has 0 rings (SSSR count). The Morgan fingerprint density at radius 1 is 1.55 bits per heavy atom. The average Bonchev–Trinajstić information content (AvgIpc) is 1.98. The van der Waals surface area contributed by atoms with E-state index in [1.165, 1.54) is 5.41 Å². The molecular formula is C5H4N4OS. The Hall–Kier alpha value is -1.66. The van der Waals surface area contributed by atoms with Crippen LogP contribution >= 0.6 is 11.9 Å². The molecule has 0 unspecified atom stereocenters. The highest BCUT2D eigenvalue weighted by Gasteiger charge is 1.92. The molecule has 0 aromatic rings. The number of carbonyl (C=O) groups excluding carboxylic acids is 1. The van der Waals surface area contributed by atoms with Crippen LogP contribution in [0.5, 0.6) is 0 Å². The molecule has 0 bridgehead atoms. The molecule has 11 heavy (non-hydrogen) atoms. The molecule has 0 aliphatic carbocycles. The Morgan fingerprint density at radius 2 is 2.09 bits per heavy atom. The third-order valence-electron chi connectivity index (χ3n) is 0.577. The number of rotatable bonds is 2. The highest BCUT2D eigenvalue weighted by atomic mass is 32.2. The van der Waals surface area contributed by atoms with Crippen LogP contribution in [0.2, 0.25) is 0 Å². The van der Waals surface area contributed by atoms with E-state index in [9.17, 15) is 4.79 Å². The van der Waals surface area contributed by atoms with Gasteiger partial charge in [-0.1, -0.05) is 0 Å². The maximum atomic E-state index is 10.1. The molecule has 0 heterocycles. The van der Waals surface area contributed by atoms with E-state index in [2.05, 4.69) is 4.72 Å². The number of amides is 2. The van der Waals surface area contributed by atoms with Crippen LogP contribution in [0.4, 0.5) is 4.79 Å². The van der Waals surface area contributed by atoms with E-state index in [0.717, 1.165) is 11.9 Å². The molecule has 0 aromatic heterocycles. The summed E-state index contributed by atoms with van der Waals surface area (Å²) in [6, 6.07) is 2.50. The van der Waals surface area contributed by atoms with Crippen LogP contribution in [0.1, 0.15) is 0 Å². The molecular weight excluding hydrogens is 164 g/mol. The van der Waals surface area contributed by atoms with Gasteiger partial charge in [-0.05, 0) is 11.9 Å². The Kier molecular flexibility index (Phi) is 4.37. The van der Waals surface area contributed by atoms with Gasteiger partial charge < -0.3 is 5.73 Å². The van der Waals surface area contributed by atoms with Crippen LogP contribution in [-0.2, 0) is 0 Å². The van der Waals surface area contributed by atoms with Crippen molar-refractivity contribution in [3.05, 3.63) is 11.0 Å². The predicted octanol–water partition coefficient (Wildman–Crippen LogP) is 0.234. The van der Waals surface area contributed by atoms with Gasteiger partial charge in [0.1, 0.15) is 17.7 Å². The van der Waals surface area contributed by atoms with Gasteiger partial charge in [0.15, 0.2) is 0 Å². The number of allylic oxidation sites excluding steroid dienone is 1. The van der Waals surface area contributed by atoms with Gasteiger partial charge in [-0.2, -0.15) is 10.5 Å². The van der Waals surface area contributed by atoms with E-state index in [1.807, 2.05) is 0 Å². The lowest BCUT2D eigenvalue weighted by Gasteiger charge is -1.91. The van der Waals surface area contributed by atoms with Crippen LogP contribution in [0.25, 0.3) is 0 Å². The lowest BCUT2D eigenvalue weighted by molar-refractivity contribution is 0.254. The van der Waals surface area contributed by atoms with Crippen LogP contribution in [0.3, 0.4) is 0 Å². The molecule has 56 valence electrons. The van der Waals surface area contributed by atoms with Crippen molar-refractivity contribution in [1.29, 1.82) is 10.5 Å². The maximum absolute atomic E-state index is 10.1. The minimum atomic E-state index is -0.721. The van der Waals surface area contributed by atoms with Crippen molar-refractivity contribution in [1.82, 2.24) is 4.72 Å². The Morgan fingerprint density at radius 3 is 2.45 bits per heavy atom. The molecule has 0 spiro atoms. The zero-order valence-electron chi connectivity index (χ0n) is 5.37. The van der Waals surface area contributed by atoms with Crippen molar-refractivity contribution in [2.75, 3.05) is 0 Å². The maximum Gasteiger partial charge on any atom is 0.322 e. The first-order valence-corrected chi connectivity index (χ1v) is 3.30. The van der Waals surface area contributed by atoms with E-state index >= 15 is 0 Å². The number of urea groups is 1. The van der Waals surface area contributed by atoms with E-state index in [-0.39, 0.29) is 5.57 Å². The van der Waals surface area contributed by atoms with Gasteiger partial charge in [-0.3, -0.25) is 4.72 Å². The molecule has 0 atom stereocenters. The van der Waals surface area contributed by atoms with E-state index in [4.69, 9.17) is 16.3 Å². The van der Waals surface area contributed by atoms with Gasteiger partial charge in [0.2, 0.25) is 0 Å². The average molecular weight is 168 g/mol. The number of nitrogens with zero attached hydrogens (tertiary/aromatic N) is 2. The molecule has 3 N–H and O–H groups in total. The van der Waals surface area contributed by atoms with Crippen LogP contribution < -0.4 is 10.5 Å². The normalized spacial score (nSPS) is 7.09.